The molecule has 5 nitrogen and oxygen atoms in total. The quantitative estimate of drug-likeness (QED) is 0.619. The number of ether oxygens (including phenoxy) is 1. The van der Waals surface area contributed by atoms with E-state index in [0.29, 0.717) is 23.9 Å². The van der Waals surface area contributed by atoms with Crippen LogP contribution in [-0.4, -0.2) is 40.9 Å². The molecule has 1 saturated carbocycles. The third-order valence-electron chi connectivity index (χ3n) is 6.45. The summed E-state index contributed by atoms with van der Waals surface area (Å²) in [5, 5.41) is 0. The van der Waals surface area contributed by atoms with E-state index in [9.17, 15) is 9.59 Å². The number of amides is 2. The lowest BCUT2D eigenvalue weighted by atomic mass is 9.92. The molecule has 1 fully saturated rings. The summed E-state index contributed by atoms with van der Waals surface area (Å²) < 4.78 is 6.07. The van der Waals surface area contributed by atoms with Gasteiger partial charge in [0.2, 0.25) is 0 Å². The van der Waals surface area contributed by atoms with Gasteiger partial charge in [0.15, 0.2) is 5.60 Å². The minimum atomic E-state index is -0.898. The molecule has 0 bridgehead atoms. The number of carbonyl (C=O) groups excluding carboxylic acids is 2. The van der Waals surface area contributed by atoms with E-state index in [1.165, 1.54) is 19.3 Å². The molecule has 0 unspecified atom stereocenters. The zero-order valence-corrected chi connectivity index (χ0v) is 19.6. The van der Waals surface area contributed by atoms with E-state index in [-0.39, 0.29) is 17.9 Å². The zero-order valence-electron chi connectivity index (χ0n) is 19.6. The van der Waals surface area contributed by atoms with Crippen molar-refractivity contribution in [1.82, 2.24) is 4.90 Å². The molecule has 0 atom stereocenters. The molecule has 3 rings (SSSR count). The van der Waals surface area contributed by atoms with Crippen molar-refractivity contribution in [2.45, 2.75) is 104 Å². The van der Waals surface area contributed by atoms with Crippen LogP contribution in [0.4, 0.5) is 5.69 Å². The van der Waals surface area contributed by atoms with Crippen molar-refractivity contribution >= 4 is 17.5 Å². The van der Waals surface area contributed by atoms with Crippen molar-refractivity contribution in [3.8, 4) is 5.75 Å². The maximum Gasteiger partial charge on any atom is 0.270 e. The van der Waals surface area contributed by atoms with Crippen LogP contribution in [0.25, 0.3) is 0 Å². The van der Waals surface area contributed by atoms with Crippen molar-refractivity contribution in [3.63, 3.8) is 0 Å². The smallest absolute Gasteiger partial charge is 0.270 e. The number of benzene rings is 1. The number of hydrogen-bond acceptors (Lipinski definition) is 3. The fourth-order valence-electron chi connectivity index (χ4n) is 4.80. The predicted molar refractivity (Wildman–Crippen MR) is 121 cm³/mol. The highest BCUT2D eigenvalue weighted by atomic mass is 16.5. The molecule has 0 saturated heterocycles. The number of nitrogens with zero attached hydrogens (tertiary/aromatic N) is 2. The molecule has 2 amide bonds. The lowest BCUT2D eigenvalue weighted by molar-refractivity contribution is -0.132. The van der Waals surface area contributed by atoms with Crippen molar-refractivity contribution in [3.05, 3.63) is 23.3 Å². The van der Waals surface area contributed by atoms with Crippen molar-refractivity contribution < 1.29 is 14.3 Å². The number of rotatable bonds is 6. The Hall–Kier alpha value is -2.04. The predicted octanol–water partition coefficient (Wildman–Crippen LogP) is 5.48. The van der Waals surface area contributed by atoms with E-state index in [1.54, 1.807) is 0 Å². The molecular formula is C25H38N2O3. The summed E-state index contributed by atoms with van der Waals surface area (Å²) in [6.45, 7) is 12.6. The number of unbranched alkanes of at least 4 members (excludes halogenated alkanes) is 1. The molecule has 0 radical (unpaired) electrons. The van der Waals surface area contributed by atoms with Gasteiger partial charge < -0.3 is 14.5 Å². The largest absolute Gasteiger partial charge is 0.476 e. The Morgan fingerprint density at radius 1 is 1.23 bits per heavy atom. The van der Waals surface area contributed by atoms with Gasteiger partial charge >= 0.3 is 0 Å². The van der Waals surface area contributed by atoms with Crippen LogP contribution in [-0.2, 0) is 4.79 Å². The van der Waals surface area contributed by atoms with E-state index >= 15 is 0 Å². The standard InChI is InChI=1S/C25H38N2O3/c1-7-8-14-26-21-16-20(18(4)15-22(21)30-25(5,6)24(26)29)23(28)27(17(2)3)19-12-10-9-11-13-19/h15-17,19H,7-14H2,1-6H3. The normalized spacial score (nSPS) is 18.9. The lowest BCUT2D eigenvalue weighted by Crippen LogP contribution is -2.53. The Balaban J connectivity index is 2.01. The molecule has 5 heteroatoms. The molecule has 1 aliphatic carbocycles. The first-order valence-electron chi connectivity index (χ1n) is 11.7. The van der Waals surface area contributed by atoms with E-state index in [4.69, 9.17) is 4.74 Å². The second-order valence-corrected chi connectivity index (χ2v) is 9.66. The molecule has 0 spiro atoms. The Bertz CT molecular complexity index is 794. The molecule has 30 heavy (non-hydrogen) atoms. The monoisotopic (exact) mass is 414 g/mol. The molecule has 0 N–H and O–H groups in total. The van der Waals surface area contributed by atoms with Crippen LogP contribution in [0.15, 0.2) is 12.1 Å². The summed E-state index contributed by atoms with van der Waals surface area (Å²) in [5.74, 6) is 0.724. The summed E-state index contributed by atoms with van der Waals surface area (Å²) in [7, 11) is 0. The SMILES string of the molecule is CCCCN1C(=O)C(C)(C)Oc2cc(C)c(C(=O)N(C(C)C)C3CCCCC3)cc21. The number of fused-ring (bicyclic) bond motifs is 1. The molecule has 0 aromatic heterocycles. The first-order chi connectivity index (χ1) is 14.2. The lowest BCUT2D eigenvalue weighted by Gasteiger charge is -2.40. The van der Waals surface area contributed by atoms with Crippen molar-refractivity contribution in [2.24, 2.45) is 0 Å². The maximum absolute atomic E-state index is 13.7. The highest BCUT2D eigenvalue weighted by Crippen LogP contribution is 2.40. The third-order valence-corrected chi connectivity index (χ3v) is 6.45. The van der Waals surface area contributed by atoms with Gasteiger partial charge in [-0.2, -0.15) is 0 Å². The van der Waals surface area contributed by atoms with Gasteiger partial charge in [-0.1, -0.05) is 32.6 Å². The van der Waals surface area contributed by atoms with Crippen LogP contribution in [0.1, 0.15) is 95.5 Å². The van der Waals surface area contributed by atoms with Gasteiger partial charge in [-0.25, -0.2) is 0 Å². The maximum atomic E-state index is 13.7. The number of anilines is 1. The Kier molecular flexibility index (Phi) is 6.78. The van der Waals surface area contributed by atoms with E-state index < -0.39 is 5.60 Å². The molecule has 1 heterocycles. The zero-order chi connectivity index (χ0) is 22.1. The molecular weight excluding hydrogens is 376 g/mol. The first-order valence-corrected chi connectivity index (χ1v) is 11.7. The first kappa shape index (κ1) is 22.6. The molecule has 1 aromatic rings. The van der Waals surface area contributed by atoms with Crippen LogP contribution in [0.5, 0.6) is 5.75 Å². The molecule has 2 aliphatic rings. The van der Waals surface area contributed by atoms with Crippen LogP contribution < -0.4 is 9.64 Å². The van der Waals surface area contributed by atoms with Crippen LogP contribution in [0.3, 0.4) is 0 Å². The Labute approximate surface area is 181 Å². The van der Waals surface area contributed by atoms with E-state index in [2.05, 4.69) is 25.7 Å². The fourth-order valence-corrected chi connectivity index (χ4v) is 4.80. The van der Waals surface area contributed by atoms with Crippen molar-refractivity contribution in [1.29, 1.82) is 0 Å². The van der Waals surface area contributed by atoms with Gasteiger partial charge in [-0.05, 0) is 71.6 Å². The fraction of sp³-hybridized carbons (Fsp3) is 0.680. The third kappa shape index (κ3) is 4.35. The average molecular weight is 415 g/mol. The van der Waals surface area contributed by atoms with Gasteiger partial charge in [-0.3, -0.25) is 9.59 Å². The highest BCUT2D eigenvalue weighted by Gasteiger charge is 2.41. The number of carbonyl (C=O) groups is 2. The second-order valence-electron chi connectivity index (χ2n) is 9.66. The van der Waals surface area contributed by atoms with Crippen LogP contribution >= 0.6 is 0 Å². The number of hydrogen-bond donors (Lipinski definition) is 0. The van der Waals surface area contributed by atoms with Gasteiger partial charge in [0.25, 0.3) is 11.8 Å². The van der Waals surface area contributed by atoms with E-state index in [0.717, 1.165) is 36.9 Å². The average Bonchev–Trinajstić information content (AvgIpc) is 2.68. The summed E-state index contributed by atoms with van der Waals surface area (Å²) in [6.07, 6.45) is 7.70. The van der Waals surface area contributed by atoms with Gasteiger partial charge in [-0.15, -0.1) is 0 Å². The minimum absolute atomic E-state index is 0.0429. The van der Waals surface area contributed by atoms with Crippen LogP contribution in [0.2, 0.25) is 0 Å². The van der Waals surface area contributed by atoms with Gasteiger partial charge in [0, 0.05) is 24.2 Å². The molecule has 166 valence electrons. The summed E-state index contributed by atoms with van der Waals surface area (Å²) in [4.78, 5) is 30.7. The Morgan fingerprint density at radius 3 is 2.50 bits per heavy atom. The highest BCUT2D eigenvalue weighted by molar-refractivity contribution is 6.05. The second kappa shape index (κ2) is 8.99. The van der Waals surface area contributed by atoms with Gasteiger partial charge in [0.1, 0.15) is 5.75 Å². The summed E-state index contributed by atoms with van der Waals surface area (Å²) >= 11 is 0. The van der Waals surface area contributed by atoms with Gasteiger partial charge in [0.05, 0.1) is 5.69 Å². The summed E-state index contributed by atoms with van der Waals surface area (Å²) in [6, 6.07) is 4.28. The Morgan fingerprint density at radius 2 is 1.90 bits per heavy atom. The molecule has 1 aromatic carbocycles. The minimum Gasteiger partial charge on any atom is -0.476 e. The summed E-state index contributed by atoms with van der Waals surface area (Å²) in [5.41, 5.74) is 1.42. The number of aryl methyl sites for hydroxylation is 1. The topological polar surface area (TPSA) is 49.9 Å². The van der Waals surface area contributed by atoms with Crippen LogP contribution in [0, 0.1) is 6.92 Å². The van der Waals surface area contributed by atoms with Crippen molar-refractivity contribution in [2.75, 3.05) is 11.4 Å². The molecule has 1 aliphatic heterocycles. The van der Waals surface area contributed by atoms with E-state index in [1.807, 2.05) is 37.8 Å².